The van der Waals surface area contributed by atoms with E-state index in [1.54, 1.807) is 17.8 Å². The maximum absolute atomic E-state index is 13.2. The van der Waals surface area contributed by atoms with Crippen LogP contribution in [0.2, 0.25) is 0 Å². The first kappa shape index (κ1) is 14.8. The minimum Gasteiger partial charge on any atom is -0.384 e. The molecule has 0 amide bonds. The van der Waals surface area contributed by atoms with Crippen molar-refractivity contribution in [2.24, 2.45) is 5.73 Å². The van der Waals surface area contributed by atoms with Crippen LogP contribution >= 0.6 is 11.8 Å². The lowest BCUT2D eigenvalue weighted by Gasteiger charge is -2.30. The second-order valence-electron chi connectivity index (χ2n) is 4.20. The fourth-order valence-corrected chi connectivity index (χ4v) is 2.77. The number of rotatable bonds is 6. The maximum Gasteiger partial charge on any atom is 0.125 e. The van der Waals surface area contributed by atoms with Crippen molar-refractivity contribution in [2.45, 2.75) is 19.4 Å². The fraction of sp³-hybridized carbons (Fsp3) is 0.462. The number of benzene rings is 1. The lowest BCUT2D eigenvalue weighted by atomic mass is 10.1. The van der Waals surface area contributed by atoms with E-state index in [1.165, 1.54) is 12.1 Å². The molecule has 0 bridgehead atoms. The zero-order valence-corrected chi connectivity index (χ0v) is 11.9. The predicted molar refractivity (Wildman–Crippen MR) is 78.3 cm³/mol. The van der Waals surface area contributed by atoms with Crippen LogP contribution in [-0.4, -0.2) is 30.9 Å². The van der Waals surface area contributed by atoms with Gasteiger partial charge in [-0.3, -0.25) is 5.41 Å². The van der Waals surface area contributed by atoms with Gasteiger partial charge in [0.25, 0.3) is 0 Å². The molecule has 0 aliphatic heterocycles. The van der Waals surface area contributed by atoms with Gasteiger partial charge < -0.3 is 10.6 Å². The lowest BCUT2D eigenvalue weighted by Crippen LogP contribution is -2.34. The molecule has 100 valence electrons. The van der Waals surface area contributed by atoms with Gasteiger partial charge in [-0.15, -0.1) is 0 Å². The lowest BCUT2D eigenvalue weighted by molar-refractivity contribution is 0.625. The Morgan fingerprint density at radius 2 is 2.22 bits per heavy atom. The highest BCUT2D eigenvalue weighted by Gasteiger charge is 2.17. The van der Waals surface area contributed by atoms with E-state index in [2.05, 4.69) is 18.1 Å². The highest BCUT2D eigenvalue weighted by atomic mass is 32.2. The Labute approximate surface area is 112 Å². The van der Waals surface area contributed by atoms with Crippen LogP contribution in [0.15, 0.2) is 18.2 Å². The molecule has 1 atom stereocenters. The van der Waals surface area contributed by atoms with E-state index in [0.29, 0.717) is 11.6 Å². The van der Waals surface area contributed by atoms with E-state index in [9.17, 15) is 4.39 Å². The Hall–Kier alpha value is -1.23. The van der Waals surface area contributed by atoms with Gasteiger partial charge in [-0.1, -0.05) is 6.92 Å². The molecule has 0 radical (unpaired) electrons. The van der Waals surface area contributed by atoms with E-state index in [0.717, 1.165) is 17.9 Å². The molecular formula is C13H20FN3S. The minimum absolute atomic E-state index is 0.102. The first-order valence-electron chi connectivity index (χ1n) is 5.87. The third kappa shape index (κ3) is 3.38. The van der Waals surface area contributed by atoms with Gasteiger partial charge in [0, 0.05) is 30.1 Å². The number of hydrogen-bond acceptors (Lipinski definition) is 3. The molecule has 0 heterocycles. The van der Waals surface area contributed by atoms with Crippen molar-refractivity contribution in [3.63, 3.8) is 0 Å². The number of thioether (sulfide) groups is 1. The summed E-state index contributed by atoms with van der Waals surface area (Å²) < 4.78 is 13.2. The Balaban J connectivity index is 3.11. The van der Waals surface area contributed by atoms with Crippen molar-refractivity contribution < 1.29 is 4.39 Å². The molecule has 0 aromatic heterocycles. The summed E-state index contributed by atoms with van der Waals surface area (Å²) >= 11 is 1.77. The summed E-state index contributed by atoms with van der Waals surface area (Å²) in [5.74, 6) is 0.521. The highest BCUT2D eigenvalue weighted by molar-refractivity contribution is 7.98. The molecule has 1 aromatic carbocycles. The average Bonchev–Trinajstić information content (AvgIpc) is 2.35. The molecule has 18 heavy (non-hydrogen) atoms. The van der Waals surface area contributed by atoms with Gasteiger partial charge in [0.1, 0.15) is 11.7 Å². The number of amidine groups is 1. The third-order valence-electron chi connectivity index (χ3n) is 3.01. The molecule has 5 heteroatoms. The van der Waals surface area contributed by atoms with Gasteiger partial charge in [-0.25, -0.2) is 4.39 Å². The quantitative estimate of drug-likeness (QED) is 0.616. The zero-order chi connectivity index (χ0) is 13.7. The molecule has 3 N–H and O–H groups in total. The van der Waals surface area contributed by atoms with E-state index in [1.807, 2.05) is 7.05 Å². The Bertz CT molecular complexity index is 423. The smallest absolute Gasteiger partial charge is 0.125 e. The van der Waals surface area contributed by atoms with Crippen LogP contribution in [0.1, 0.15) is 18.9 Å². The SMILES string of the molecule is CCC(CSC)N(C)c1ccc(F)cc1C(=N)N. The molecule has 3 nitrogen and oxygen atoms in total. The van der Waals surface area contributed by atoms with Gasteiger partial charge >= 0.3 is 0 Å². The van der Waals surface area contributed by atoms with E-state index < -0.39 is 0 Å². The van der Waals surface area contributed by atoms with Crippen LogP contribution < -0.4 is 10.6 Å². The van der Waals surface area contributed by atoms with Crippen molar-refractivity contribution in [3.05, 3.63) is 29.6 Å². The summed E-state index contributed by atoms with van der Waals surface area (Å²) in [6, 6.07) is 4.77. The maximum atomic E-state index is 13.2. The Kier molecular flexibility index (Phi) is 5.47. The molecule has 1 rings (SSSR count). The van der Waals surface area contributed by atoms with Crippen LogP contribution in [-0.2, 0) is 0 Å². The molecule has 1 aromatic rings. The largest absolute Gasteiger partial charge is 0.384 e. The Morgan fingerprint density at radius 3 is 2.72 bits per heavy atom. The predicted octanol–water partition coefficient (Wildman–Crippen LogP) is 2.69. The molecule has 1 unspecified atom stereocenters. The molecule has 0 spiro atoms. The normalized spacial score (nSPS) is 12.2. The summed E-state index contributed by atoms with van der Waals surface area (Å²) in [5, 5.41) is 7.55. The average molecular weight is 269 g/mol. The first-order valence-corrected chi connectivity index (χ1v) is 7.26. The topological polar surface area (TPSA) is 53.1 Å². The van der Waals surface area contributed by atoms with E-state index >= 15 is 0 Å². The van der Waals surface area contributed by atoms with Gasteiger partial charge in [-0.05, 0) is 30.9 Å². The summed E-state index contributed by atoms with van der Waals surface area (Å²) in [7, 11) is 1.96. The Morgan fingerprint density at radius 1 is 1.56 bits per heavy atom. The molecular weight excluding hydrogens is 249 g/mol. The number of halogens is 1. The van der Waals surface area contributed by atoms with Crippen LogP contribution in [0.5, 0.6) is 0 Å². The monoisotopic (exact) mass is 269 g/mol. The summed E-state index contributed by atoms with van der Waals surface area (Å²) in [6.45, 7) is 2.12. The van der Waals surface area contributed by atoms with Crippen molar-refractivity contribution in [2.75, 3.05) is 24.0 Å². The van der Waals surface area contributed by atoms with Crippen molar-refractivity contribution in [1.29, 1.82) is 5.41 Å². The first-order chi connectivity index (χ1) is 8.51. The molecule has 0 saturated heterocycles. The van der Waals surface area contributed by atoms with Gasteiger partial charge in [0.2, 0.25) is 0 Å². The van der Waals surface area contributed by atoms with Gasteiger partial charge in [0.15, 0.2) is 0 Å². The summed E-state index contributed by atoms with van der Waals surface area (Å²) in [5.41, 5.74) is 6.79. The molecule has 0 fully saturated rings. The number of nitrogens with one attached hydrogen (secondary N) is 1. The van der Waals surface area contributed by atoms with Crippen molar-refractivity contribution in [1.82, 2.24) is 0 Å². The molecule has 0 aliphatic carbocycles. The summed E-state index contributed by atoms with van der Waals surface area (Å²) in [6.07, 6.45) is 3.05. The standard InChI is InChI=1S/C13H20FN3S/c1-4-10(8-18-3)17(2)12-6-5-9(14)7-11(12)13(15)16/h5-7,10H,4,8H2,1-3H3,(H3,15,16). The summed E-state index contributed by atoms with van der Waals surface area (Å²) in [4.78, 5) is 2.08. The molecule has 0 saturated carbocycles. The minimum atomic E-state index is -0.365. The van der Waals surface area contributed by atoms with Crippen LogP contribution in [0.4, 0.5) is 10.1 Å². The van der Waals surface area contributed by atoms with E-state index in [4.69, 9.17) is 11.1 Å². The second kappa shape index (κ2) is 6.64. The van der Waals surface area contributed by atoms with Gasteiger partial charge in [-0.2, -0.15) is 11.8 Å². The highest BCUT2D eigenvalue weighted by Crippen LogP contribution is 2.24. The zero-order valence-electron chi connectivity index (χ0n) is 11.0. The van der Waals surface area contributed by atoms with Crippen molar-refractivity contribution in [3.8, 4) is 0 Å². The van der Waals surface area contributed by atoms with E-state index in [-0.39, 0.29) is 11.7 Å². The molecule has 0 aliphatic rings. The van der Waals surface area contributed by atoms with Crippen LogP contribution in [0, 0.1) is 11.2 Å². The van der Waals surface area contributed by atoms with Crippen LogP contribution in [0.25, 0.3) is 0 Å². The second-order valence-corrected chi connectivity index (χ2v) is 5.11. The third-order valence-corrected chi connectivity index (χ3v) is 3.72. The number of nitrogens with two attached hydrogens (primary N) is 1. The van der Waals surface area contributed by atoms with Crippen LogP contribution in [0.3, 0.4) is 0 Å². The number of nitrogens with zero attached hydrogens (tertiary/aromatic N) is 1. The number of nitrogen functional groups attached to an aromatic ring is 1. The van der Waals surface area contributed by atoms with Gasteiger partial charge in [0.05, 0.1) is 0 Å². The fourth-order valence-electron chi connectivity index (χ4n) is 1.92. The number of hydrogen-bond donors (Lipinski definition) is 2. The number of anilines is 1. The van der Waals surface area contributed by atoms with Crippen molar-refractivity contribution >= 4 is 23.3 Å².